The first kappa shape index (κ1) is 9.71. The van der Waals surface area contributed by atoms with Crippen molar-refractivity contribution in [2.75, 3.05) is 18.0 Å². The summed E-state index contributed by atoms with van der Waals surface area (Å²) in [7, 11) is 0. The maximum absolute atomic E-state index is 5.82. The van der Waals surface area contributed by atoms with E-state index in [9.17, 15) is 0 Å². The van der Waals surface area contributed by atoms with Crippen molar-refractivity contribution in [1.29, 1.82) is 0 Å². The molecule has 0 bridgehead atoms. The van der Waals surface area contributed by atoms with Crippen LogP contribution in [0.15, 0.2) is 23.1 Å². The maximum Gasteiger partial charge on any atom is 0.0646 e. The Morgan fingerprint density at radius 3 is 2.75 bits per heavy atom. The summed E-state index contributed by atoms with van der Waals surface area (Å²) < 4.78 is 0. The largest absolute Gasteiger partial charge is 0.398 e. The van der Waals surface area contributed by atoms with E-state index in [1.807, 2.05) is 12.1 Å². The third-order valence-corrected chi connectivity index (χ3v) is 2.71. The van der Waals surface area contributed by atoms with Crippen molar-refractivity contribution in [1.82, 2.24) is 0 Å². The van der Waals surface area contributed by atoms with Gasteiger partial charge < -0.3 is 11.5 Å². The standard InChI is InChI=1S/C8H11ClN2S/c9-7-5-6(12-4-3-10)1-2-8(7)11/h1-2,5H,3-4,10-11H2. The number of anilines is 1. The van der Waals surface area contributed by atoms with Crippen LogP contribution >= 0.6 is 23.4 Å². The monoisotopic (exact) mass is 202 g/mol. The van der Waals surface area contributed by atoms with Crippen LogP contribution in [0.25, 0.3) is 0 Å². The second-order valence-corrected chi connectivity index (χ2v) is 3.90. The molecule has 0 aliphatic carbocycles. The lowest BCUT2D eigenvalue weighted by Gasteiger charge is -2.01. The first-order chi connectivity index (χ1) is 5.74. The zero-order chi connectivity index (χ0) is 8.97. The normalized spacial score (nSPS) is 10.2. The van der Waals surface area contributed by atoms with Crippen LogP contribution in [0, 0.1) is 0 Å². The Bertz CT molecular complexity index is 265. The van der Waals surface area contributed by atoms with Gasteiger partial charge in [-0.3, -0.25) is 0 Å². The second-order valence-electron chi connectivity index (χ2n) is 2.32. The summed E-state index contributed by atoms with van der Waals surface area (Å²) >= 11 is 7.50. The highest BCUT2D eigenvalue weighted by Gasteiger charge is 1.97. The zero-order valence-electron chi connectivity index (χ0n) is 6.59. The molecular weight excluding hydrogens is 192 g/mol. The predicted octanol–water partition coefficient (Wildman–Crippen LogP) is 1.97. The molecule has 1 aromatic rings. The van der Waals surface area contributed by atoms with Crippen LogP contribution in [0.4, 0.5) is 5.69 Å². The van der Waals surface area contributed by atoms with Crippen LogP contribution in [0.1, 0.15) is 0 Å². The first-order valence-electron chi connectivity index (χ1n) is 3.62. The number of hydrogen-bond acceptors (Lipinski definition) is 3. The molecule has 0 amide bonds. The molecule has 0 saturated heterocycles. The Hall–Kier alpha value is -0.380. The van der Waals surface area contributed by atoms with Crippen LogP contribution in [0.5, 0.6) is 0 Å². The molecule has 12 heavy (non-hydrogen) atoms. The van der Waals surface area contributed by atoms with Crippen LogP contribution in [0.3, 0.4) is 0 Å². The van der Waals surface area contributed by atoms with Crippen molar-refractivity contribution in [3.63, 3.8) is 0 Å². The van der Waals surface area contributed by atoms with Gasteiger partial charge in [0.1, 0.15) is 0 Å². The van der Waals surface area contributed by atoms with Gasteiger partial charge in [0, 0.05) is 17.2 Å². The molecule has 0 radical (unpaired) electrons. The maximum atomic E-state index is 5.82. The third kappa shape index (κ3) is 2.59. The average molecular weight is 203 g/mol. The van der Waals surface area contributed by atoms with Gasteiger partial charge in [-0.1, -0.05) is 11.6 Å². The molecule has 4 N–H and O–H groups in total. The van der Waals surface area contributed by atoms with Crippen molar-refractivity contribution < 1.29 is 0 Å². The van der Waals surface area contributed by atoms with E-state index in [0.717, 1.165) is 10.6 Å². The van der Waals surface area contributed by atoms with Crippen molar-refractivity contribution in [2.45, 2.75) is 4.90 Å². The smallest absolute Gasteiger partial charge is 0.0646 e. The van der Waals surface area contributed by atoms with Crippen LogP contribution < -0.4 is 11.5 Å². The molecule has 2 nitrogen and oxygen atoms in total. The molecule has 0 aromatic heterocycles. The fourth-order valence-corrected chi connectivity index (χ4v) is 1.74. The summed E-state index contributed by atoms with van der Waals surface area (Å²) in [5.74, 6) is 0.903. The lowest BCUT2D eigenvalue weighted by molar-refractivity contribution is 1.15. The summed E-state index contributed by atoms with van der Waals surface area (Å²) in [6, 6.07) is 5.61. The number of halogens is 1. The quantitative estimate of drug-likeness (QED) is 0.582. The average Bonchev–Trinajstić information content (AvgIpc) is 2.07. The highest BCUT2D eigenvalue weighted by molar-refractivity contribution is 7.99. The molecular formula is C8H11ClN2S. The second kappa shape index (κ2) is 4.60. The van der Waals surface area contributed by atoms with Gasteiger partial charge in [-0.05, 0) is 18.2 Å². The minimum absolute atomic E-state index is 0.608. The number of thioether (sulfide) groups is 1. The van der Waals surface area contributed by atoms with E-state index in [0.29, 0.717) is 17.3 Å². The Balaban J connectivity index is 2.69. The van der Waals surface area contributed by atoms with Crippen molar-refractivity contribution in [3.8, 4) is 0 Å². The molecule has 0 aliphatic heterocycles. The van der Waals surface area contributed by atoms with Crippen molar-refractivity contribution in [2.24, 2.45) is 5.73 Å². The SMILES string of the molecule is NCCSc1ccc(N)c(Cl)c1. The van der Waals surface area contributed by atoms with Gasteiger partial charge >= 0.3 is 0 Å². The molecule has 4 heteroatoms. The van der Waals surface area contributed by atoms with Gasteiger partial charge in [-0.2, -0.15) is 0 Å². The summed E-state index contributed by atoms with van der Waals surface area (Å²) in [5.41, 5.74) is 11.5. The van der Waals surface area contributed by atoms with E-state index >= 15 is 0 Å². The highest BCUT2D eigenvalue weighted by Crippen LogP contribution is 2.25. The van der Waals surface area contributed by atoms with Crippen molar-refractivity contribution >= 4 is 29.1 Å². The van der Waals surface area contributed by atoms with E-state index in [-0.39, 0.29) is 0 Å². The Morgan fingerprint density at radius 2 is 2.17 bits per heavy atom. The molecule has 0 aliphatic rings. The predicted molar refractivity (Wildman–Crippen MR) is 55.6 cm³/mol. The van der Waals surface area contributed by atoms with Crippen LogP contribution in [-0.4, -0.2) is 12.3 Å². The zero-order valence-corrected chi connectivity index (χ0v) is 8.16. The van der Waals surface area contributed by atoms with E-state index in [1.54, 1.807) is 17.8 Å². The lowest BCUT2D eigenvalue weighted by Crippen LogP contribution is -2.00. The minimum Gasteiger partial charge on any atom is -0.398 e. The molecule has 0 saturated carbocycles. The van der Waals surface area contributed by atoms with Gasteiger partial charge in [0.05, 0.1) is 10.7 Å². The number of nitrogen functional groups attached to an aromatic ring is 1. The summed E-state index contributed by atoms with van der Waals surface area (Å²) in [6.45, 7) is 0.673. The number of nitrogens with two attached hydrogens (primary N) is 2. The molecule has 1 rings (SSSR count). The van der Waals surface area contributed by atoms with E-state index in [1.165, 1.54) is 0 Å². The van der Waals surface area contributed by atoms with E-state index in [2.05, 4.69) is 0 Å². The highest BCUT2D eigenvalue weighted by atomic mass is 35.5. The first-order valence-corrected chi connectivity index (χ1v) is 4.98. The third-order valence-electron chi connectivity index (χ3n) is 1.36. The fourth-order valence-electron chi connectivity index (χ4n) is 0.774. The molecule has 0 fully saturated rings. The van der Waals surface area contributed by atoms with Gasteiger partial charge in [0.15, 0.2) is 0 Å². The van der Waals surface area contributed by atoms with E-state index < -0.39 is 0 Å². The van der Waals surface area contributed by atoms with Gasteiger partial charge in [-0.25, -0.2) is 0 Å². The topological polar surface area (TPSA) is 52.0 Å². The van der Waals surface area contributed by atoms with E-state index in [4.69, 9.17) is 23.1 Å². The van der Waals surface area contributed by atoms with Gasteiger partial charge in [0.2, 0.25) is 0 Å². The number of hydrogen-bond donors (Lipinski definition) is 2. The molecule has 0 atom stereocenters. The number of rotatable bonds is 3. The molecule has 1 aromatic carbocycles. The molecule has 0 spiro atoms. The summed E-state index contributed by atoms with van der Waals surface area (Å²) in [4.78, 5) is 1.11. The van der Waals surface area contributed by atoms with Gasteiger partial charge in [0.25, 0.3) is 0 Å². The molecule has 0 unspecified atom stereocenters. The van der Waals surface area contributed by atoms with Crippen LogP contribution in [-0.2, 0) is 0 Å². The number of benzene rings is 1. The minimum atomic E-state index is 0.608. The molecule has 0 heterocycles. The summed E-state index contributed by atoms with van der Waals surface area (Å²) in [6.07, 6.45) is 0. The Morgan fingerprint density at radius 1 is 1.42 bits per heavy atom. The van der Waals surface area contributed by atoms with Crippen LogP contribution in [0.2, 0.25) is 5.02 Å². The fraction of sp³-hybridized carbons (Fsp3) is 0.250. The Kier molecular flexibility index (Phi) is 3.72. The van der Waals surface area contributed by atoms with Gasteiger partial charge in [-0.15, -0.1) is 11.8 Å². The Labute approximate surface area is 81.3 Å². The molecule has 66 valence electrons. The lowest BCUT2D eigenvalue weighted by atomic mass is 10.3. The van der Waals surface area contributed by atoms with Crippen molar-refractivity contribution in [3.05, 3.63) is 23.2 Å². The summed E-state index contributed by atoms with van der Waals surface area (Å²) in [5, 5.41) is 0.608.